The molecular formula is C26H27F3N6OS. The maximum atomic E-state index is 13.4. The Labute approximate surface area is 219 Å². The molecule has 0 spiro atoms. The lowest BCUT2D eigenvalue weighted by Gasteiger charge is -2.25. The van der Waals surface area contributed by atoms with E-state index in [0.717, 1.165) is 25.1 Å². The van der Waals surface area contributed by atoms with Crippen molar-refractivity contribution in [3.63, 3.8) is 0 Å². The van der Waals surface area contributed by atoms with Crippen molar-refractivity contribution in [1.29, 1.82) is 0 Å². The molecule has 0 atom stereocenters. The summed E-state index contributed by atoms with van der Waals surface area (Å²) < 4.78 is 40.3. The number of hydrogen-bond acceptors (Lipinski definition) is 7. The topological polar surface area (TPSA) is 87.4 Å². The Morgan fingerprint density at radius 1 is 1.16 bits per heavy atom. The van der Waals surface area contributed by atoms with Crippen LogP contribution in [0.3, 0.4) is 0 Å². The number of carbonyl (C=O) groups is 1. The molecule has 3 rings (SSSR count). The van der Waals surface area contributed by atoms with Gasteiger partial charge >= 0.3 is 6.18 Å². The highest BCUT2D eigenvalue weighted by atomic mass is 32.1. The first kappa shape index (κ1) is 27.8. The molecule has 1 amide bonds. The normalized spacial score (nSPS) is 13.4. The molecule has 11 heteroatoms. The molecule has 2 aromatic rings. The number of aromatic nitrogens is 2. The van der Waals surface area contributed by atoms with E-state index < -0.39 is 17.6 Å². The second-order valence-corrected chi connectivity index (χ2v) is 9.18. The summed E-state index contributed by atoms with van der Waals surface area (Å²) in [6.45, 7) is 1.40. The lowest BCUT2D eigenvalue weighted by Crippen LogP contribution is -2.26. The third-order valence-corrected chi connectivity index (χ3v) is 5.84. The number of allylic oxidation sites excluding steroid dienone is 3. The van der Waals surface area contributed by atoms with Crippen molar-refractivity contribution >= 4 is 40.3 Å². The van der Waals surface area contributed by atoms with Crippen LogP contribution in [0.2, 0.25) is 0 Å². The van der Waals surface area contributed by atoms with Gasteiger partial charge in [0.25, 0.3) is 5.91 Å². The number of thiocarbonyl (C=S) groups is 1. The standard InChI is InChI=1S/C26H27F3N6OS/c1-34(2)11-4-12-35(3)22-9-8-19(26(27,28)29)14-21(22)33-24(36)20-13-17(7-10-23(20)37)5-6-18-15-31-25(30)32-16-18/h7-9,13-16H,4,10-12H2,1-3H3,(H,33,36)(H2,30,31,32). The van der Waals surface area contributed by atoms with Gasteiger partial charge in [0.05, 0.1) is 28.1 Å². The van der Waals surface area contributed by atoms with Crippen molar-refractivity contribution in [2.45, 2.75) is 19.0 Å². The number of carbonyl (C=O) groups excluding carboxylic acids is 1. The summed E-state index contributed by atoms with van der Waals surface area (Å²) in [6.07, 6.45) is 2.79. The lowest BCUT2D eigenvalue weighted by atomic mass is 9.98. The zero-order valence-electron chi connectivity index (χ0n) is 20.7. The number of rotatable bonds is 7. The van der Waals surface area contributed by atoms with Crippen LogP contribution in [0.4, 0.5) is 30.5 Å². The number of nitrogens with one attached hydrogen (secondary N) is 1. The molecule has 37 heavy (non-hydrogen) atoms. The van der Waals surface area contributed by atoms with E-state index in [-0.39, 0.29) is 17.2 Å². The number of amides is 1. The number of alkyl halides is 3. The van der Waals surface area contributed by atoms with E-state index in [1.807, 2.05) is 23.9 Å². The van der Waals surface area contributed by atoms with Gasteiger partial charge in [-0.15, -0.1) is 0 Å². The Hall–Kier alpha value is -3.75. The second-order valence-electron chi connectivity index (χ2n) is 8.69. The van der Waals surface area contributed by atoms with E-state index >= 15 is 0 Å². The summed E-state index contributed by atoms with van der Waals surface area (Å²) in [4.78, 5) is 25.2. The number of halogens is 3. The van der Waals surface area contributed by atoms with Crippen LogP contribution in [0.15, 0.2) is 53.9 Å². The van der Waals surface area contributed by atoms with Crippen molar-refractivity contribution < 1.29 is 18.0 Å². The Morgan fingerprint density at radius 2 is 1.86 bits per heavy atom. The minimum Gasteiger partial charge on any atom is -0.373 e. The Bertz CT molecular complexity index is 1290. The Kier molecular flexibility index (Phi) is 9.02. The zero-order valence-corrected chi connectivity index (χ0v) is 21.5. The van der Waals surface area contributed by atoms with Crippen molar-refractivity contribution in [1.82, 2.24) is 14.9 Å². The maximum Gasteiger partial charge on any atom is 0.416 e. The summed E-state index contributed by atoms with van der Waals surface area (Å²) in [7, 11) is 5.66. The monoisotopic (exact) mass is 528 g/mol. The minimum atomic E-state index is -4.56. The fourth-order valence-corrected chi connectivity index (χ4v) is 3.75. The van der Waals surface area contributed by atoms with Crippen molar-refractivity contribution in [3.8, 4) is 11.8 Å². The van der Waals surface area contributed by atoms with Crippen molar-refractivity contribution in [2.75, 3.05) is 50.2 Å². The van der Waals surface area contributed by atoms with Crippen LogP contribution in [-0.2, 0) is 11.0 Å². The SMILES string of the molecule is CN(C)CCCN(C)c1ccc(C(F)(F)F)cc1NC(=O)C1=CC(C#Cc2cnc(N)nc2)=CCC1=S. The molecule has 1 aromatic carbocycles. The third-order valence-electron chi connectivity index (χ3n) is 5.46. The first-order valence-corrected chi connectivity index (χ1v) is 11.8. The highest BCUT2D eigenvalue weighted by Crippen LogP contribution is 2.35. The average molecular weight is 529 g/mol. The van der Waals surface area contributed by atoms with Gasteiger partial charge in [-0.05, 0) is 51.3 Å². The average Bonchev–Trinajstić information content (AvgIpc) is 2.83. The molecule has 194 valence electrons. The fraction of sp³-hybridized carbons (Fsp3) is 0.308. The van der Waals surface area contributed by atoms with E-state index in [9.17, 15) is 18.0 Å². The second kappa shape index (κ2) is 12.0. The first-order valence-electron chi connectivity index (χ1n) is 11.4. The van der Waals surface area contributed by atoms with Crippen LogP contribution in [0.1, 0.15) is 24.0 Å². The number of nitrogens with zero attached hydrogens (tertiary/aromatic N) is 4. The largest absolute Gasteiger partial charge is 0.416 e. The molecule has 0 fully saturated rings. The molecule has 0 saturated heterocycles. The van der Waals surface area contributed by atoms with Gasteiger partial charge in [-0.25, -0.2) is 9.97 Å². The van der Waals surface area contributed by atoms with Crippen LogP contribution in [0.25, 0.3) is 0 Å². The van der Waals surface area contributed by atoms with E-state index in [4.69, 9.17) is 18.0 Å². The highest BCUT2D eigenvalue weighted by molar-refractivity contribution is 7.81. The summed E-state index contributed by atoms with van der Waals surface area (Å²) in [5, 5.41) is 2.65. The van der Waals surface area contributed by atoms with Gasteiger partial charge in [0, 0.05) is 42.8 Å². The number of benzene rings is 1. The number of hydrogen-bond donors (Lipinski definition) is 2. The molecule has 1 aliphatic rings. The molecule has 0 saturated carbocycles. The molecule has 1 heterocycles. The molecule has 1 aromatic heterocycles. The van der Waals surface area contributed by atoms with E-state index in [1.165, 1.54) is 24.5 Å². The molecule has 0 radical (unpaired) electrons. The molecule has 0 unspecified atom stereocenters. The molecular weight excluding hydrogens is 501 g/mol. The van der Waals surface area contributed by atoms with Crippen LogP contribution >= 0.6 is 12.2 Å². The van der Waals surface area contributed by atoms with Gasteiger partial charge in [0.2, 0.25) is 5.95 Å². The van der Waals surface area contributed by atoms with E-state index in [1.54, 1.807) is 13.1 Å². The number of anilines is 3. The van der Waals surface area contributed by atoms with Crippen LogP contribution in [0.5, 0.6) is 0 Å². The number of nitrogens with two attached hydrogens (primary N) is 1. The number of nitrogen functional groups attached to an aromatic ring is 1. The quantitative estimate of drug-likeness (QED) is 0.414. The Morgan fingerprint density at radius 3 is 2.51 bits per heavy atom. The molecule has 3 N–H and O–H groups in total. The summed E-state index contributed by atoms with van der Waals surface area (Å²) in [5.74, 6) is 5.35. The fourth-order valence-electron chi connectivity index (χ4n) is 3.51. The molecule has 7 nitrogen and oxygen atoms in total. The minimum absolute atomic E-state index is 0.0529. The van der Waals surface area contributed by atoms with Gasteiger partial charge in [-0.3, -0.25) is 4.79 Å². The van der Waals surface area contributed by atoms with Gasteiger partial charge in [-0.2, -0.15) is 13.2 Å². The van der Waals surface area contributed by atoms with Gasteiger partial charge in [0.15, 0.2) is 0 Å². The summed E-state index contributed by atoms with van der Waals surface area (Å²) >= 11 is 5.36. The predicted octanol–water partition coefficient (Wildman–Crippen LogP) is 4.08. The van der Waals surface area contributed by atoms with Crippen LogP contribution in [0, 0.1) is 11.8 Å². The van der Waals surface area contributed by atoms with Gasteiger partial charge in [-0.1, -0.05) is 30.1 Å². The molecule has 1 aliphatic carbocycles. The van der Waals surface area contributed by atoms with Gasteiger partial charge < -0.3 is 20.9 Å². The summed E-state index contributed by atoms with van der Waals surface area (Å²) in [6, 6.07) is 3.32. The first-order chi connectivity index (χ1) is 17.4. The third kappa shape index (κ3) is 7.87. The van der Waals surface area contributed by atoms with E-state index in [2.05, 4.69) is 27.1 Å². The molecule has 0 bridgehead atoms. The lowest BCUT2D eigenvalue weighted by molar-refractivity contribution is -0.137. The van der Waals surface area contributed by atoms with Crippen molar-refractivity contribution in [2.24, 2.45) is 0 Å². The zero-order chi connectivity index (χ0) is 27.2. The van der Waals surface area contributed by atoms with Crippen molar-refractivity contribution in [3.05, 3.63) is 65.0 Å². The molecule has 0 aliphatic heterocycles. The van der Waals surface area contributed by atoms with Gasteiger partial charge in [0.1, 0.15) is 0 Å². The highest BCUT2D eigenvalue weighted by Gasteiger charge is 2.32. The van der Waals surface area contributed by atoms with Crippen LogP contribution < -0.4 is 16.0 Å². The maximum absolute atomic E-state index is 13.4. The smallest absolute Gasteiger partial charge is 0.373 e. The predicted molar refractivity (Wildman–Crippen MR) is 143 cm³/mol. The van der Waals surface area contributed by atoms with E-state index in [0.29, 0.717) is 34.7 Å². The van der Waals surface area contributed by atoms with Crippen LogP contribution in [-0.4, -0.2) is 59.9 Å². The summed E-state index contributed by atoms with van der Waals surface area (Å²) in [5.41, 5.74) is 6.40. The Balaban J connectivity index is 1.86.